The molecule has 2 atom stereocenters. The molecule has 0 bridgehead atoms. The van der Waals surface area contributed by atoms with E-state index in [2.05, 4.69) is 26.2 Å². The highest BCUT2D eigenvalue weighted by molar-refractivity contribution is 5.85. The number of hydrogen-bond acceptors (Lipinski definition) is 6. The van der Waals surface area contributed by atoms with E-state index in [0.29, 0.717) is 48.6 Å². The second-order valence-corrected chi connectivity index (χ2v) is 8.48. The molecule has 0 radical (unpaired) electrons. The van der Waals surface area contributed by atoms with Crippen LogP contribution in [-0.4, -0.2) is 63.9 Å². The number of nitrogens with zero attached hydrogens (tertiary/aromatic N) is 5. The van der Waals surface area contributed by atoms with E-state index < -0.39 is 12.0 Å². The van der Waals surface area contributed by atoms with Gasteiger partial charge in [-0.3, -0.25) is 0 Å². The summed E-state index contributed by atoms with van der Waals surface area (Å²) in [7, 11) is 1.51. The smallest absolute Gasteiger partial charge is 0.453 e. The quantitative estimate of drug-likeness (QED) is 0.474. The minimum Gasteiger partial charge on any atom is -0.496 e. The van der Waals surface area contributed by atoms with Crippen LogP contribution in [0.1, 0.15) is 36.2 Å². The number of carbonyl (C=O) groups excluding carboxylic acids is 1. The molecule has 2 aromatic carbocycles. The zero-order valence-corrected chi connectivity index (χ0v) is 21.2. The van der Waals surface area contributed by atoms with E-state index in [1.165, 1.54) is 13.2 Å². The number of rotatable bonds is 7. The molecule has 1 saturated heterocycles. The lowest BCUT2D eigenvalue weighted by Crippen LogP contribution is -2.52. The first kappa shape index (κ1) is 28.2. The molecule has 0 spiro atoms. The lowest BCUT2D eigenvalue weighted by Gasteiger charge is -2.39. The maximum atomic E-state index is 13.3. The predicted octanol–water partition coefficient (Wildman–Crippen LogP) is 3.79. The largest absolute Gasteiger partial charge is 0.496 e. The SMILES string of the molecule is CCNC(=O)N1CCC(NCc2cc(-n3nnnc3C(F)(F)F)ccc2OC)C(c2ccccc2)C1.Cl. The number of amides is 2. The van der Waals surface area contributed by atoms with Gasteiger partial charge >= 0.3 is 12.2 Å². The van der Waals surface area contributed by atoms with Crippen LogP contribution in [0, 0.1) is 0 Å². The molecule has 3 aromatic rings. The van der Waals surface area contributed by atoms with Crippen LogP contribution in [0.2, 0.25) is 0 Å². The summed E-state index contributed by atoms with van der Waals surface area (Å²) in [6, 6.07) is 14.6. The van der Waals surface area contributed by atoms with Crippen LogP contribution in [-0.2, 0) is 12.7 Å². The van der Waals surface area contributed by atoms with Crippen molar-refractivity contribution in [3.05, 3.63) is 65.5 Å². The van der Waals surface area contributed by atoms with Gasteiger partial charge in [-0.25, -0.2) is 4.79 Å². The second kappa shape index (κ2) is 12.2. The van der Waals surface area contributed by atoms with Gasteiger partial charge in [0.05, 0.1) is 12.8 Å². The van der Waals surface area contributed by atoms with E-state index in [-0.39, 0.29) is 36.1 Å². The summed E-state index contributed by atoms with van der Waals surface area (Å²) in [4.78, 5) is 14.3. The van der Waals surface area contributed by atoms with E-state index in [0.717, 1.165) is 5.56 Å². The second-order valence-electron chi connectivity index (χ2n) is 8.48. The van der Waals surface area contributed by atoms with Crippen LogP contribution in [0.4, 0.5) is 18.0 Å². The van der Waals surface area contributed by atoms with Gasteiger partial charge in [0.1, 0.15) is 5.75 Å². The number of nitrogens with one attached hydrogen (secondary N) is 2. The van der Waals surface area contributed by atoms with Crippen molar-refractivity contribution in [1.29, 1.82) is 0 Å². The Morgan fingerprint density at radius 3 is 2.62 bits per heavy atom. The molecule has 9 nitrogen and oxygen atoms in total. The molecule has 13 heteroatoms. The number of ether oxygens (including phenoxy) is 1. The van der Waals surface area contributed by atoms with Crippen molar-refractivity contribution in [2.24, 2.45) is 0 Å². The fraction of sp³-hybridized carbons (Fsp3) is 0.417. The number of methoxy groups -OCH3 is 1. The Morgan fingerprint density at radius 1 is 1.19 bits per heavy atom. The monoisotopic (exact) mass is 539 g/mol. The minimum atomic E-state index is -4.69. The number of carbonyl (C=O) groups is 1. The summed E-state index contributed by atoms with van der Waals surface area (Å²) in [5.41, 5.74) is 1.94. The van der Waals surface area contributed by atoms with Crippen molar-refractivity contribution < 1.29 is 22.7 Å². The highest BCUT2D eigenvalue weighted by Crippen LogP contribution is 2.31. The van der Waals surface area contributed by atoms with E-state index in [1.54, 1.807) is 12.1 Å². The van der Waals surface area contributed by atoms with Gasteiger partial charge < -0.3 is 20.3 Å². The number of urea groups is 1. The van der Waals surface area contributed by atoms with Gasteiger partial charge in [0.2, 0.25) is 0 Å². The van der Waals surface area contributed by atoms with Gasteiger partial charge in [-0.2, -0.15) is 17.9 Å². The maximum absolute atomic E-state index is 13.3. The highest BCUT2D eigenvalue weighted by Gasteiger charge is 2.38. The van der Waals surface area contributed by atoms with Crippen LogP contribution in [0.3, 0.4) is 0 Å². The van der Waals surface area contributed by atoms with E-state index in [1.807, 2.05) is 42.2 Å². The Kier molecular flexibility index (Phi) is 9.33. The molecular formula is C24H29ClF3N7O2. The third-order valence-corrected chi connectivity index (χ3v) is 6.24. The maximum Gasteiger partial charge on any atom is 0.453 e. The number of hydrogen-bond donors (Lipinski definition) is 2. The van der Waals surface area contributed by atoms with Crippen molar-refractivity contribution in [3.8, 4) is 11.4 Å². The van der Waals surface area contributed by atoms with Crippen molar-refractivity contribution in [3.63, 3.8) is 0 Å². The Balaban J connectivity index is 0.00000380. The van der Waals surface area contributed by atoms with Crippen LogP contribution < -0.4 is 15.4 Å². The van der Waals surface area contributed by atoms with Crippen LogP contribution in [0.25, 0.3) is 5.69 Å². The summed E-state index contributed by atoms with van der Waals surface area (Å²) in [5, 5.41) is 16.3. The normalized spacial score (nSPS) is 17.7. The molecule has 1 fully saturated rings. The molecule has 2 heterocycles. The Labute approximate surface area is 218 Å². The average molecular weight is 540 g/mol. The molecule has 0 saturated carbocycles. The van der Waals surface area contributed by atoms with Gasteiger partial charge in [-0.05, 0) is 47.5 Å². The number of aromatic nitrogens is 4. The van der Waals surface area contributed by atoms with Gasteiger partial charge in [-0.1, -0.05) is 30.3 Å². The zero-order chi connectivity index (χ0) is 25.7. The molecule has 2 amide bonds. The molecule has 4 rings (SSSR count). The van der Waals surface area contributed by atoms with Gasteiger partial charge in [0.15, 0.2) is 0 Å². The molecule has 1 aliphatic rings. The number of tetrazole rings is 1. The van der Waals surface area contributed by atoms with Crippen molar-refractivity contribution in [1.82, 2.24) is 35.7 Å². The third-order valence-electron chi connectivity index (χ3n) is 6.24. The topological polar surface area (TPSA) is 97.2 Å². The zero-order valence-electron chi connectivity index (χ0n) is 20.4. The standard InChI is InChI=1S/C24H28F3N7O2.ClH/c1-3-28-23(35)33-12-11-20(19(15-33)16-7-5-4-6-8-16)29-14-17-13-18(9-10-21(17)36-2)34-22(24(25,26)27)30-31-32-34;/h4-10,13,19-20,29H,3,11-12,14-15H2,1-2H3,(H,28,35);1H. The van der Waals surface area contributed by atoms with E-state index in [4.69, 9.17) is 4.74 Å². The van der Waals surface area contributed by atoms with Gasteiger partial charge in [-0.15, -0.1) is 17.5 Å². The molecule has 200 valence electrons. The summed E-state index contributed by atoms with van der Waals surface area (Å²) >= 11 is 0. The first-order chi connectivity index (χ1) is 17.3. The molecule has 1 aromatic heterocycles. The van der Waals surface area contributed by atoms with Crippen LogP contribution >= 0.6 is 12.4 Å². The fourth-order valence-corrected chi connectivity index (χ4v) is 4.50. The Morgan fingerprint density at radius 2 is 1.95 bits per heavy atom. The first-order valence-electron chi connectivity index (χ1n) is 11.7. The summed E-state index contributed by atoms with van der Waals surface area (Å²) in [5.74, 6) is -0.634. The lowest BCUT2D eigenvalue weighted by molar-refractivity contribution is -0.146. The first-order valence-corrected chi connectivity index (χ1v) is 11.7. The number of alkyl halides is 3. The highest BCUT2D eigenvalue weighted by atomic mass is 35.5. The molecule has 2 N–H and O–H groups in total. The number of likely N-dealkylation sites (tertiary alicyclic amines) is 1. The summed E-state index contributed by atoms with van der Waals surface area (Å²) < 4.78 is 46.1. The van der Waals surface area contributed by atoms with Gasteiger partial charge in [0, 0.05) is 43.7 Å². The summed E-state index contributed by atoms with van der Waals surface area (Å²) in [6.45, 7) is 3.92. The average Bonchev–Trinajstić information content (AvgIpc) is 3.39. The minimum absolute atomic E-state index is 0. The van der Waals surface area contributed by atoms with E-state index >= 15 is 0 Å². The van der Waals surface area contributed by atoms with Crippen molar-refractivity contribution in [2.75, 3.05) is 26.7 Å². The van der Waals surface area contributed by atoms with Crippen molar-refractivity contribution >= 4 is 18.4 Å². The number of benzene rings is 2. The fourth-order valence-electron chi connectivity index (χ4n) is 4.50. The third kappa shape index (κ3) is 6.50. The summed E-state index contributed by atoms with van der Waals surface area (Å²) in [6.07, 6.45) is -3.98. The Bertz CT molecular complexity index is 1180. The van der Waals surface area contributed by atoms with Crippen LogP contribution in [0.5, 0.6) is 5.75 Å². The number of halogens is 4. The molecular weight excluding hydrogens is 511 g/mol. The van der Waals surface area contributed by atoms with Gasteiger partial charge in [0.25, 0.3) is 5.82 Å². The number of piperidine rings is 1. The lowest BCUT2D eigenvalue weighted by atomic mass is 9.86. The van der Waals surface area contributed by atoms with E-state index in [9.17, 15) is 18.0 Å². The molecule has 37 heavy (non-hydrogen) atoms. The van der Waals surface area contributed by atoms with Crippen LogP contribution in [0.15, 0.2) is 48.5 Å². The molecule has 0 aliphatic carbocycles. The van der Waals surface area contributed by atoms with Crippen molar-refractivity contribution in [2.45, 2.75) is 38.0 Å². The Hall–Kier alpha value is -3.38. The molecule has 2 unspecified atom stereocenters. The predicted molar refractivity (Wildman–Crippen MR) is 133 cm³/mol. The molecule has 1 aliphatic heterocycles.